The normalized spacial score (nSPS) is 9.00. The zero-order valence-corrected chi connectivity index (χ0v) is 7.86. The van der Waals surface area contributed by atoms with Gasteiger partial charge in [-0.1, -0.05) is 12.1 Å². The minimum atomic E-state index is -0.622. The average Bonchev–Trinajstić information content (AvgIpc) is 2.18. The second-order valence-corrected chi connectivity index (χ2v) is 2.79. The minimum Gasteiger partial charge on any atom is -0.366 e. The number of nitrogens with zero attached hydrogens (tertiary/aromatic N) is 1. The Morgan fingerprint density at radius 2 is 2.07 bits per heavy atom. The van der Waals surface area contributed by atoms with E-state index >= 15 is 0 Å². The lowest BCUT2D eigenvalue weighted by molar-refractivity contribution is -0.115. The average molecular weight is 203 g/mol. The number of hydrogen-bond acceptors (Lipinski definition) is 3. The van der Waals surface area contributed by atoms with Gasteiger partial charge >= 0.3 is 0 Å². The number of nitrogens with two attached hydrogens (primary N) is 1. The summed E-state index contributed by atoms with van der Waals surface area (Å²) in [6, 6.07) is 8.06. The van der Waals surface area contributed by atoms with Crippen molar-refractivity contribution in [3.8, 4) is 6.07 Å². The predicted molar refractivity (Wildman–Crippen MR) is 53.8 cm³/mol. The van der Waals surface area contributed by atoms with Crippen molar-refractivity contribution in [1.82, 2.24) is 0 Å². The maximum absolute atomic E-state index is 11.1. The molecule has 5 heteroatoms. The van der Waals surface area contributed by atoms with Gasteiger partial charge in [0, 0.05) is 0 Å². The molecule has 5 nitrogen and oxygen atoms in total. The Balaban J connectivity index is 2.90. The SMILES string of the molecule is N#CCC(=O)Nc1ccccc1C(N)=O. The summed E-state index contributed by atoms with van der Waals surface area (Å²) in [5.41, 5.74) is 5.66. The van der Waals surface area contributed by atoms with Crippen LogP contribution in [0, 0.1) is 11.3 Å². The molecular weight excluding hydrogens is 194 g/mol. The van der Waals surface area contributed by atoms with Gasteiger partial charge in [0.1, 0.15) is 6.42 Å². The van der Waals surface area contributed by atoms with Crippen LogP contribution < -0.4 is 11.1 Å². The second-order valence-electron chi connectivity index (χ2n) is 2.79. The fraction of sp³-hybridized carbons (Fsp3) is 0.100. The Hall–Kier alpha value is -2.35. The van der Waals surface area contributed by atoms with Gasteiger partial charge in [-0.2, -0.15) is 5.26 Å². The van der Waals surface area contributed by atoms with E-state index in [2.05, 4.69) is 5.32 Å². The van der Waals surface area contributed by atoms with E-state index in [-0.39, 0.29) is 12.0 Å². The van der Waals surface area contributed by atoms with E-state index in [0.29, 0.717) is 5.69 Å². The van der Waals surface area contributed by atoms with Gasteiger partial charge in [-0.05, 0) is 12.1 Å². The number of amides is 2. The number of anilines is 1. The van der Waals surface area contributed by atoms with Gasteiger partial charge in [0.15, 0.2) is 0 Å². The number of carbonyl (C=O) groups excluding carboxylic acids is 2. The molecule has 15 heavy (non-hydrogen) atoms. The van der Waals surface area contributed by atoms with Crippen LogP contribution in [0.1, 0.15) is 16.8 Å². The van der Waals surface area contributed by atoms with Crippen LogP contribution in [0.5, 0.6) is 0 Å². The van der Waals surface area contributed by atoms with Gasteiger partial charge < -0.3 is 11.1 Å². The lowest BCUT2D eigenvalue weighted by atomic mass is 10.1. The van der Waals surface area contributed by atoms with Crippen molar-refractivity contribution < 1.29 is 9.59 Å². The first-order valence-electron chi connectivity index (χ1n) is 4.20. The third-order valence-electron chi connectivity index (χ3n) is 1.71. The van der Waals surface area contributed by atoms with Gasteiger partial charge in [-0.25, -0.2) is 0 Å². The summed E-state index contributed by atoms with van der Waals surface area (Å²) in [6.45, 7) is 0. The molecule has 0 fully saturated rings. The number of para-hydroxylation sites is 1. The number of hydrogen-bond donors (Lipinski definition) is 2. The van der Waals surface area contributed by atoms with Crippen LogP contribution in [0.25, 0.3) is 0 Å². The van der Waals surface area contributed by atoms with E-state index in [1.165, 1.54) is 6.07 Å². The van der Waals surface area contributed by atoms with Gasteiger partial charge in [0.2, 0.25) is 5.91 Å². The molecule has 1 rings (SSSR count). The van der Waals surface area contributed by atoms with E-state index in [0.717, 1.165) is 0 Å². The number of nitriles is 1. The van der Waals surface area contributed by atoms with E-state index in [1.807, 2.05) is 0 Å². The first-order chi connectivity index (χ1) is 7.15. The number of rotatable bonds is 3. The largest absolute Gasteiger partial charge is 0.366 e. The van der Waals surface area contributed by atoms with Gasteiger partial charge in [-0.3, -0.25) is 9.59 Å². The van der Waals surface area contributed by atoms with Crippen molar-refractivity contribution in [2.75, 3.05) is 5.32 Å². The molecule has 0 bridgehead atoms. The molecule has 2 amide bonds. The molecule has 0 atom stereocenters. The molecular formula is C10H9N3O2. The zero-order valence-electron chi connectivity index (χ0n) is 7.86. The van der Waals surface area contributed by atoms with Crippen LogP contribution >= 0.6 is 0 Å². The summed E-state index contributed by atoms with van der Waals surface area (Å²) in [6.07, 6.45) is -0.257. The molecule has 0 aliphatic rings. The summed E-state index contributed by atoms with van der Waals surface area (Å²) in [5, 5.41) is 10.7. The molecule has 0 unspecified atom stereocenters. The molecule has 1 aromatic rings. The molecule has 0 radical (unpaired) electrons. The Labute approximate surface area is 86.5 Å². The van der Waals surface area contributed by atoms with Gasteiger partial charge in [0.25, 0.3) is 5.91 Å². The first-order valence-corrected chi connectivity index (χ1v) is 4.20. The molecule has 3 N–H and O–H groups in total. The van der Waals surface area contributed by atoms with Crippen LogP contribution in [0.2, 0.25) is 0 Å². The van der Waals surface area contributed by atoms with Crippen LogP contribution in [-0.4, -0.2) is 11.8 Å². The maximum Gasteiger partial charge on any atom is 0.250 e. The van der Waals surface area contributed by atoms with E-state index < -0.39 is 11.8 Å². The Kier molecular flexibility index (Phi) is 3.41. The monoisotopic (exact) mass is 203 g/mol. The van der Waals surface area contributed by atoms with Crippen molar-refractivity contribution in [3.05, 3.63) is 29.8 Å². The van der Waals surface area contributed by atoms with E-state index in [9.17, 15) is 9.59 Å². The predicted octanol–water partition coefficient (Wildman–Crippen LogP) is 0.638. The third kappa shape index (κ3) is 2.81. The Morgan fingerprint density at radius 3 is 2.67 bits per heavy atom. The fourth-order valence-electron chi connectivity index (χ4n) is 1.07. The second kappa shape index (κ2) is 4.77. The lowest BCUT2D eigenvalue weighted by Crippen LogP contribution is -2.17. The van der Waals surface area contributed by atoms with Gasteiger partial charge in [-0.15, -0.1) is 0 Å². The molecule has 0 heterocycles. The number of primary amides is 1. The Bertz CT molecular complexity index is 435. The highest BCUT2D eigenvalue weighted by Crippen LogP contribution is 2.14. The quantitative estimate of drug-likeness (QED) is 0.754. The van der Waals surface area contributed by atoms with Gasteiger partial charge in [0.05, 0.1) is 17.3 Å². The number of carbonyl (C=O) groups is 2. The third-order valence-corrected chi connectivity index (χ3v) is 1.71. The number of nitrogens with one attached hydrogen (secondary N) is 1. The minimum absolute atomic E-state index is 0.226. The van der Waals surface area contributed by atoms with Crippen LogP contribution in [0.4, 0.5) is 5.69 Å². The molecule has 76 valence electrons. The van der Waals surface area contributed by atoms with Crippen LogP contribution in [0.3, 0.4) is 0 Å². The molecule has 0 saturated carbocycles. The van der Waals surface area contributed by atoms with Crippen molar-refractivity contribution in [2.24, 2.45) is 5.73 Å². The van der Waals surface area contributed by atoms with Crippen molar-refractivity contribution in [1.29, 1.82) is 5.26 Å². The first kappa shape index (κ1) is 10.7. The highest BCUT2D eigenvalue weighted by Gasteiger charge is 2.09. The summed E-state index contributed by atoms with van der Waals surface area (Å²) in [5.74, 6) is -1.09. The van der Waals surface area contributed by atoms with Crippen molar-refractivity contribution >= 4 is 17.5 Å². The fourth-order valence-corrected chi connectivity index (χ4v) is 1.07. The topological polar surface area (TPSA) is 96.0 Å². The lowest BCUT2D eigenvalue weighted by Gasteiger charge is -2.06. The van der Waals surface area contributed by atoms with E-state index in [1.54, 1.807) is 24.3 Å². The van der Waals surface area contributed by atoms with Crippen LogP contribution in [0.15, 0.2) is 24.3 Å². The molecule has 0 spiro atoms. The molecule has 0 saturated heterocycles. The highest BCUT2D eigenvalue weighted by atomic mass is 16.2. The van der Waals surface area contributed by atoms with Crippen molar-refractivity contribution in [2.45, 2.75) is 6.42 Å². The molecule has 1 aromatic carbocycles. The molecule has 0 aliphatic carbocycles. The zero-order chi connectivity index (χ0) is 11.3. The summed E-state index contributed by atoms with van der Waals surface area (Å²) >= 11 is 0. The molecule has 0 aliphatic heterocycles. The van der Waals surface area contributed by atoms with Crippen molar-refractivity contribution in [3.63, 3.8) is 0 Å². The van der Waals surface area contributed by atoms with E-state index in [4.69, 9.17) is 11.0 Å². The summed E-state index contributed by atoms with van der Waals surface area (Å²) in [4.78, 5) is 22.1. The maximum atomic E-state index is 11.1. The standard InChI is InChI=1S/C10H9N3O2/c11-6-5-9(14)13-8-4-2-1-3-7(8)10(12)15/h1-4H,5H2,(H2,12,15)(H,13,14). The number of benzene rings is 1. The summed E-state index contributed by atoms with van der Waals surface area (Å²) in [7, 11) is 0. The van der Waals surface area contributed by atoms with Crippen LogP contribution in [-0.2, 0) is 4.79 Å². The molecule has 0 aromatic heterocycles. The summed E-state index contributed by atoms with van der Waals surface area (Å²) < 4.78 is 0. The highest BCUT2D eigenvalue weighted by molar-refractivity contribution is 6.03. The smallest absolute Gasteiger partial charge is 0.250 e. The Morgan fingerprint density at radius 1 is 1.40 bits per heavy atom.